The van der Waals surface area contributed by atoms with E-state index < -0.39 is 0 Å². The molecule has 1 aromatic rings. The number of hydrogen-bond donors (Lipinski definition) is 0. The first kappa shape index (κ1) is 12.1. The van der Waals surface area contributed by atoms with E-state index in [-0.39, 0.29) is 5.82 Å². The second-order valence-corrected chi connectivity index (χ2v) is 5.00. The van der Waals surface area contributed by atoms with Crippen molar-refractivity contribution in [1.29, 1.82) is 0 Å². The predicted molar refractivity (Wildman–Crippen MR) is 67.0 cm³/mol. The number of benzene rings is 1. The lowest BCUT2D eigenvalue weighted by atomic mass is 9.94. The summed E-state index contributed by atoms with van der Waals surface area (Å²) in [7, 11) is 0. The number of anilines is 1. The third-order valence-corrected chi connectivity index (χ3v) is 3.54. The summed E-state index contributed by atoms with van der Waals surface area (Å²) in [4.78, 5) is 13.2. The lowest BCUT2D eigenvalue weighted by Crippen LogP contribution is -2.41. The molecule has 0 radical (unpaired) electrons. The van der Waals surface area contributed by atoms with Crippen LogP contribution in [0.3, 0.4) is 0 Å². The van der Waals surface area contributed by atoms with E-state index in [9.17, 15) is 9.18 Å². The summed E-state index contributed by atoms with van der Waals surface area (Å²) in [5.74, 6) is 0.268. The lowest BCUT2D eigenvalue weighted by molar-refractivity contribution is 0.112. The normalized spacial score (nSPS) is 24.8. The van der Waals surface area contributed by atoms with Gasteiger partial charge in [0.25, 0.3) is 0 Å². The Morgan fingerprint density at radius 1 is 1.35 bits per heavy atom. The van der Waals surface area contributed by atoms with Crippen molar-refractivity contribution in [2.45, 2.75) is 32.7 Å². The molecule has 0 bridgehead atoms. The Morgan fingerprint density at radius 2 is 2.12 bits per heavy atom. The van der Waals surface area contributed by atoms with Gasteiger partial charge in [0, 0.05) is 23.8 Å². The molecule has 0 aromatic heterocycles. The average Bonchev–Trinajstić information content (AvgIpc) is 2.32. The molecular weight excluding hydrogens is 217 g/mol. The molecule has 0 amide bonds. The minimum atomic E-state index is -0.353. The van der Waals surface area contributed by atoms with Gasteiger partial charge in [-0.1, -0.05) is 6.92 Å². The van der Waals surface area contributed by atoms with Gasteiger partial charge in [-0.25, -0.2) is 4.39 Å². The molecule has 0 N–H and O–H groups in total. The highest BCUT2D eigenvalue weighted by atomic mass is 19.1. The first-order chi connectivity index (χ1) is 8.11. The topological polar surface area (TPSA) is 20.3 Å². The Bertz CT molecular complexity index is 419. The van der Waals surface area contributed by atoms with Crippen LogP contribution in [0.2, 0.25) is 0 Å². The maximum Gasteiger partial charge on any atom is 0.152 e. The quantitative estimate of drug-likeness (QED) is 0.733. The molecule has 1 aliphatic heterocycles. The van der Waals surface area contributed by atoms with Gasteiger partial charge >= 0.3 is 0 Å². The van der Waals surface area contributed by atoms with Gasteiger partial charge in [0.15, 0.2) is 6.29 Å². The number of carbonyl (C=O) groups is 1. The van der Waals surface area contributed by atoms with Crippen molar-refractivity contribution < 1.29 is 9.18 Å². The highest BCUT2D eigenvalue weighted by Gasteiger charge is 2.24. The van der Waals surface area contributed by atoms with Crippen molar-refractivity contribution in [1.82, 2.24) is 0 Å². The first-order valence-electron chi connectivity index (χ1n) is 6.13. The molecule has 3 heteroatoms. The van der Waals surface area contributed by atoms with Gasteiger partial charge in [-0.05, 0) is 43.9 Å². The van der Waals surface area contributed by atoms with Gasteiger partial charge in [0.05, 0.1) is 0 Å². The Balaban J connectivity index is 2.34. The van der Waals surface area contributed by atoms with Crippen LogP contribution in [-0.4, -0.2) is 18.9 Å². The van der Waals surface area contributed by atoms with Crippen molar-refractivity contribution in [2.75, 3.05) is 11.4 Å². The number of carbonyl (C=O) groups excluding carboxylic acids is 1. The van der Waals surface area contributed by atoms with Gasteiger partial charge in [-0.2, -0.15) is 0 Å². The SMILES string of the molecule is CC1CCC(C)N(c2ccc(F)cc2C=O)C1. The highest BCUT2D eigenvalue weighted by Crippen LogP contribution is 2.29. The number of aldehydes is 1. The van der Waals surface area contributed by atoms with E-state index in [1.807, 2.05) is 0 Å². The Labute approximate surface area is 101 Å². The second kappa shape index (κ2) is 4.86. The molecule has 1 heterocycles. The summed E-state index contributed by atoms with van der Waals surface area (Å²) in [6, 6.07) is 4.87. The van der Waals surface area contributed by atoms with Gasteiger partial charge in [0.1, 0.15) is 5.82 Å². The molecule has 0 spiro atoms. The van der Waals surface area contributed by atoms with E-state index in [4.69, 9.17) is 0 Å². The van der Waals surface area contributed by atoms with E-state index in [0.29, 0.717) is 17.5 Å². The van der Waals surface area contributed by atoms with Crippen molar-refractivity contribution >= 4 is 12.0 Å². The van der Waals surface area contributed by atoms with Crippen LogP contribution in [0, 0.1) is 11.7 Å². The van der Waals surface area contributed by atoms with Crippen LogP contribution in [-0.2, 0) is 0 Å². The smallest absolute Gasteiger partial charge is 0.152 e. The zero-order chi connectivity index (χ0) is 12.4. The Morgan fingerprint density at radius 3 is 2.82 bits per heavy atom. The van der Waals surface area contributed by atoms with Crippen molar-refractivity contribution in [3.8, 4) is 0 Å². The van der Waals surface area contributed by atoms with Crippen LogP contribution in [0.25, 0.3) is 0 Å². The van der Waals surface area contributed by atoms with E-state index in [0.717, 1.165) is 24.9 Å². The van der Waals surface area contributed by atoms with Gasteiger partial charge in [0.2, 0.25) is 0 Å². The Kier molecular flexibility index (Phi) is 3.46. The molecule has 1 fully saturated rings. The maximum absolute atomic E-state index is 13.1. The fourth-order valence-electron chi connectivity index (χ4n) is 2.51. The molecule has 1 aliphatic rings. The number of piperidine rings is 1. The van der Waals surface area contributed by atoms with E-state index in [1.165, 1.54) is 18.6 Å². The molecular formula is C14H18FNO. The van der Waals surface area contributed by atoms with Gasteiger partial charge in [-0.3, -0.25) is 4.79 Å². The molecule has 0 aliphatic carbocycles. The molecule has 2 atom stereocenters. The summed E-state index contributed by atoms with van der Waals surface area (Å²) in [6.45, 7) is 5.31. The van der Waals surface area contributed by atoms with Crippen LogP contribution in [0.1, 0.15) is 37.0 Å². The average molecular weight is 235 g/mol. The minimum Gasteiger partial charge on any atom is -0.368 e. The van der Waals surface area contributed by atoms with Crippen LogP contribution < -0.4 is 4.90 Å². The summed E-state index contributed by atoms with van der Waals surface area (Å²) >= 11 is 0. The molecule has 2 rings (SSSR count). The van der Waals surface area contributed by atoms with Crippen molar-refractivity contribution in [3.63, 3.8) is 0 Å². The maximum atomic E-state index is 13.1. The highest BCUT2D eigenvalue weighted by molar-refractivity contribution is 5.84. The third kappa shape index (κ3) is 2.48. The third-order valence-electron chi connectivity index (χ3n) is 3.54. The molecule has 1 aromatic carbocycles. The van der Waals surface area contributed by atoms with Crippen LogP contribution in [0.4, 0.5) is 10.1 Å². The standard InChI is InChI=1S/C14H18FNO/c1-10-3-4-11(2)16(8-10)14-6-5-13(15)7-12(14)9-17/h5-7,9-11H,3-4,8H2,1-2H3. The number of halogens is 1. The number of rotatable bonds is 2. The molecule has 0 saturated carbocycles. The second-order valence-electron chi connectivity index (χ2n) is 5.00. The predicted octanol–water partition coefficient (Wildman–Crippen LogP) is 3.26. The summed E-state index contributed by atoms with van der Waals surface area (Å²) < 4.78 is 13.1. The van der Waals surface area contributed by atoms with Crippen molar-refractivity contribution in [3.05, 3.63) is 29.6 Å². The van der Waals surface area contributed by atoms with E-state index >= 15 is 0 Å². The molecule has 17 heavy (non-hydrogen) atoms. The zero-order valence-electron chi connectivity index (χ0n) is 10.3. The number of nitrogens with zero attached hydrogens (tertiary/aromatic N) is 1. The molecule has 2 unspecified atom stereocenters. The summed E-state index contributed by atoms with van der Waals surface area (Å²) in [5, 5.41) is 0. The fourth-order valence-corrected chi connectivity index (χ4v) is 2.51. The number of hydrogen-bond acceptors (Lipinski definition) is 2. The molecule has 2 nitrogen and oxygen atoms in total. The van der Waals surface area contributed by atoms with Gasteiger partial charge in [-0.15, -0.1) is 0 Å². The van der Waals surface area contributed by atoms with Crippen LogP contribution in [0.5, 0.6) is 0 Å². The van der Waals surface area contributed by atoms with E-state index in [1.54, 1.807) is 6.07 Å². The fraction of sp³-hybridized carbons (Fsp3) is 0.500. The summed E-state index contributed by atoms with van der Waals surface area (Å²) in [5.41, 5.74) is 1.31. The van der Waals surface area contributed by atoms with E-state index in [2.05, 4.69) is 18.7 Å². The molecule has 1 saturated heterocycles. The first-order valence-corrected chi connectivity index (χ1v) is 6.13. The largest absolute Gasteiger partial charge is 0.368 e. The van der Waals surface area contributed by atoms with Crippen LogP contribution >= 0.6 is 0 Å². The lowest BCUT2D eigenvalue weighted by Gasteiger charge is -2.39. The Hall–Kier alpha value is -1.38. The van der Waals surface area contributed by atoms with Crippen LogP contribution in [0.15, 0.2) is 18.2 Å². The monoisotopic (exact) mass is 235 g/mol. The van der Waals surface area contributed by atoms with Gasteiger partial charge < -0.3 is 4.90 Å². The zero-order valence-corrected chi connectivity index (χ0v) is 10.3. The minimum absolute atomic E-state index is 0.353. The summed E-state index contributed by atoms with van der Waals surface area (Å²) in [6.07, 6.45) is 3.08. The molecule has 92 valence electrons. The van der Waals surface area contributed by atoms with Crippen molar-refractivity contribution in [2.24, 2.45) is 5.92 Å².